The maximum Gasteiger partial charge on any atom is 0.303 e. The minimum Gasteiger partial charge on any atom is -0.468 e. The SMILES string of the molecule is CCOOC1=C2C(C)[C@@H](O)C[C@@](O)([C@@H](OCOc3ccccc3)[C@@H]3[C@]4(OC(C)=O)CO[C@@H]4C[C@H](O[Si](CC)(CC)CC)[C@@]3(C)C1=O)C2(C)C. The number of rotatable bonds is 13. The number of benzene rings is 1. The number of para-hydroxylation sites is 1. The Labute approximate surface area is 291 Å². The first-order valence-corrected chi connectivity index (χ1v) is 20.4. The van der Waals surface area contributed by atoms with Crippen LogP contribution in [-0.2, 0) is 38.0 Å². The number of esters is 1. The van der Waals surface area contributed by atoms with E-state index in [1.165, 1.54) is 6.92 Å². The van der Waals surface area contributed by atoms with Gasteiger partial charge in [0.1, 0.15) is 17.5 Å². The smallest absolute Gasteiger partial charge is 0.303 e. The Morgan fingerprint density at radius 1 is 1.06 bits per heavy atom. The lowest BCUT2D eigenvalue weighted by molar-refractivity contribution is -0.354. The number of aliphatic hydroxyl groups excluding tert-OH is 1. The highest BCUT2D eigenvalue weighted by molar-refractivity contribution is 6.73. The lowest BCUT2D eigenvalue weighted by atomic mass is 9.45. The molecule has 3 fully saturated rings. The largest absolute Gasteiger partial charge is 0.468 e. The summed E-state index contributed by atoms with van der Waals surface area (Å²) in [6, 6.07) is 11.6. The number of carbonyl (C=O) groups is 2. The zero-order chi connectivity index (χ0) is 36.0. The highest BCUT2D eigenvalue weighted by Crippen LogP contribution is 2.65. The number of aliphatic hydroxyl groups is 2. The molecule has 9 atom stereocenters. The van der Waals surface area contributed by atoms with E-state index in [4.69, 9.17) is 33.1 Å². The van der Waals surface area contributed by atoms with Crippen LogP contribution in [0, 0.1) is 22.7 Å². The molecule has 1 aliphatic heterocycles. The van der Waals surface area contributed by atoms with Crippen molar-refractivity contribution in [2.75, 3.05) is 20.0 Å². The molecular weight excluding hydrogens is 648 g/mol. The fraction of sp³-hybridized carbons (Fsp3) is 0.730. The number of hydrogen-bond donors (Lipinski definition) is 2. The van der Waals surface area contributed by atoms with Crippen LogP contribution in [0.2, 0.25) is 18.1 Å². The van der Waals surface area contributed by atoms with Crippen LogP contribution in [0.1, 0.15) is 75.2 Å². The Balaban J connectivity index is 1.82. The second-order valence-electron chi connectivity index (χ2n) is 15.0. The van der Waals surface area contributed by atoms with E-state index in [1.807, 2.05) is 45.9 Å². The maximum atomic E-state index is 15.7. The Morgan fingerprint density at radius 3 is 2.27 bits per heavy atom. The molecule has 0 radical (unpaired) electrons. The third kappa shape index (κ3) is 5.98. The molecule has 3 aliphatic carbocycles. The van der Waals surface area contributed by atoms with E-state index in [1.54, 1.807) is 19.1 Å². The zero-order valence-electron chi connectivity index (χ0n) is 30.6. The van der Waals surface area contributed by atoms with Gasteiger partial charge in [-0.05, 0) is 49.7 Å². The van der Waals surface area contributed by atoms with Crippen molar-refractivity contribution >= 4 is 20.1 Å². The van der Waals surface area contributed by atoms with E-state index in [2.05, 4.69) is 20.8 Å². The van der Waals surface area contributed by atoms with E-state index in [-0.39, 0.29) is 38.6 Å². The summed E-state index contributed by atoms with van der Waals surface area (Å²) in [4.78, 5) is 40.1. The lowest BCUT2D eigenvalue weighted by Gasteiger charge is -2.68. The third-order valence-corrected chi connectivity index (χ3v) is 17.1. The van der Waals surface area contributed by atoms with Gasteiger partial charge in [-0.15, -0.1) is 0 Å². The molecule has 49 heavy (non-hydrogen) atoms. The number of ketones is 1. The van der Waals surface area contributed by atoms with Crippen molar-refractivity contribution in [2.45, 2.75) is 129 Å². The summed E-state index contributed by atoms with van der Waals surface area (Å²) >= 11 is 0. The summed E-state index contributed by atoms with van der Waals surface area (Å²) in [7, 11) is -2.38. The Bertz CT molecular complexity index is 1390. The van der Waals surface area contributed by atoms with Crippen LogP contribution in [-0.4, -0.2) is 85.9 Å². The normalized spacial score (nSPS) is 36.8. The van der Waals surface area contributed by atoms with E-state index in [0.717, 1.165) is 18.1 Å². The molecule has 1 heterocycles. The van der Waals surface area contributed by atoms with Gasteiger partial charge in [-0.1, -0.05) is 59.7 Å². The fourth-order valence-electron chi connectivity index (χ4n) is 9.30. The second-order valence-corrected chi connectivity index (χ2v) is 19.8. The molecule has 5 rings (SSSR count). The van der Waals surface area contributed by atoms with Crippen LogP contribution in [0.5, 0.6) is 5.75 Å². The predicted octanol–water partition coefficient (Wildman–Crippen LogP) is 5.49. The minimum atomic E-state index is -2.38. The zero-order valence-corrected chi connectivity index (χ0v) is 31.6. The standard InChI is InChI=1S/C37H56O11Si/c1-10-45-47-30-29-23(5)26(39)20-37(41,34(29,7)8)33(44-22-43-25-17-15-14-16-18-25)31-35(9,32(30)40)27(48-49(11-2,12-3)13-4)19-28-36(31,21-42-28)46-24(6)38/h14-18,23,26-28,31,33,39,41H,10-13,19-22H2,1-9H3/t23?,26-,27-,28+,31-,33-,35+,36-,37+/m0/s1. The number of Topliss-reactive ketones (excluding diaryl/α,β-unsaturated/α-hetero) is 1. The quantitative estimate of drug-likeness (QED) is 0.0887. The molecule has 4 aliphatic rings. The number of hydrogen-bond acceptors (Lipinski definition) is 11. The van der Waals surface area contributed by atoms with Crippen LogP contribution in [0.15, 0.2) is 41.7 Å². The van der Waals surface area contributed by atoms with Gasteiger partial charge in [0, 0.05) is 37.0 Å². The first kappa shape index (κ1) is 37.9. The number of ether oxygens (including phenoxy) is 4. The molecular formula is C37H56O11Si. The van der Waals surface area contributed by atoms with Crippen LogP contribution in [0.25, 0.3) is 0 Å². The molecule has 0 amide bonds. The van der Waals surface area contributed by atoms with Gasteiger partial charge in [-0.2, -0.15) is 4.89 Å². The molecule has 11 nitrogen and oxygen atoms in total. The molecule has 2 saturated carbocycles. The summed E-state index contributed by atoms with van der Waals surface area (Å²) < 4.78 is 32.5. The predicted molar refractivity (Wildman–Crippen MR) is 183 cm³/mol. The molecule has 12 heteroatoms. The highest BCUT2D eigenvalue weighted by Gasteiger charge is 2.77. The van der Waals surface area contributed by atoms with Crippen LogP contribution in [0.4, 0.5) is 0 Å². The first-order chi connectivity index (χ1) is 23.1. The molecule has 1 aromatic carbocycles. The summed E-state index contributed by atoms with van der Waals surface area (Å²) in [6.07, 6.45) is -3.42. The third-order valence-electron chi connectivity index (χ3n) is 12.5. The lowest BCUT2D eigenvalue weighted by Crippen LogP contribution is -2.81. The van der Waals surface area contributed by atoms with Gasteiger partial charge in [0.2, 0.25) is 11.5 Å². The van der Waals surface area contributed by atoms with Crippen molar-refractivity contribution in [2.24, 2.45) is 22.7 Å². The molecule has 274 valence electrons. The van der Waals surface area contributed by atoms with Crippen LogP contribution in [0.3, 0.4) is 0 Å². The maximum absolute atomic E-state index is 15.7. The van der Waals surface area contributed by atoms with Crippen LogP contribution < -0.4 is 4.74 Å². The Kier molecular flexibility index (Phi) is 10.8. The van der Waals surface area contributed by atoms with Crippen molar-refractivity contribution in [3.8, 4) is 5.75 Å². The molecule has 2 N–H and O–H groups in total. The molecule has 0 spiro atoms. The number of fused-ring (bicyclic) bond motifs is 5. The van der Waals surface area contributed by atoms with Gasteiger partial charge in [0.25, 0.3) is 0 Å². The van der Waals surface area contributed by atoms with Crippen LogP contribution >= 0.6 is 0 Å². The summed E-state index contributed by atoms with van der Waals surface area (Å²) in [5.41, 5.74) is -5.44. The summed E-state index contributed by atoms with van der Waals surface area (Å²) in [6.45, 7) is 16.6. The van der Waals surface area contributed by atoms with E-state index in [0.29, 0.717) is 11.3 Å². The summed E-state index contributed by atoms with van der Waals surface area (Å²) in [5.74, 6) is -2.06. The first-order valence-electron chi connectivity index (χ1n) is 17.9. The second kappa shape index (κ2) is 14.0. The summed E-state index contributed by atoms with van der Waals surface area (Å²) in [5, 5.41) is 24.9. The fourth-order valence-corrected chi connectivity index (χ4v) is 12.2. The van der Waals surface area contributed by atoms with Crippen molar-refractivity contribution in [3.63, 3.8) is 0 Å². The Morgan fingerprint density at radius 2 is 1.71 bits per heavy atom. The van der Waals surface area contributed by atoms with E-state index >= 15 is 4.79 Å². The molecule has 1 unspecified atom stereocenters. The molecule has 1 aromatic rings. The number of allylic oxidation sites excluding steroid dienone is 1. The molecule has 0 aromatic heterocycles. The minimum absolute atomic E-state index is 0.0114. The van der Waals surface area contributed by atoms with Gasteiger partial charge in [0.05, 0.1) is 36.9 Å². The average molecular weight is 705 g/mol. The van der Waals surface area contributed by atoms with Gasteiger partial charge in [-0.3, -0.25) is 9.59 Å². The van der Waals surface area contributed by atoms with Gasteiger partial charge in [0.15, 0.2) is 20.7 Å². The van der Waals surface area contributed by atoms with Gasteiger partial charge < -0.3 is 38.5 Å². The van der Waals surface area contributed by atoms with Crippen molar-refractivity contribution in [1.82, 2.24) is 0 Å². The Hall–Kier alpha value is -2.32. The van der Waals surface area contributed by atoms with Gasteiger partial charge in [-0.25, -0.2) is 0 Å². The topological polar surface area (TPSA) is 139 Å². The van der Waals surface area contributed by atoms with Crippen molar-refractivity contribution in [3.05, 3.63) is 41.7 Å². The average Bonchev–Trinajstić information content (AvgIpc) is 3.06. The van der Waals surface area contributed by atoms with Crippen molar-refractivity contribution < 1.29 is 53.0 Å². The highest BCUT2D eigenvalue weighted by atomic mass is 28.4. The van der Waals surface area contributed by atoms with Crippen molar-refractivity contribution in [1.29, 1.82) is 0 Å². The monoisotopic (exact) mass is 704 g/mol. The van der Waals surface area contributed by atoms with E-state index < -0.39 is 78.4 Å². The molecule has 1 saturated heterocycles. The molecule has 2 bridgehead atoms. The van der Waals surface area contributed by atoms with Gasteiger partial charge >= 0.3 is 5.97 Å². The van der Waals surface area contributed by atoms with E-state index in [9.17, 15) is 15.0 Å². The number of carbonyl (C=O) groups excluding carboxylic acids is 2.